The Bertz CT molecular complexity index is 1080. The van der Waals surface area contributed by atoms with Crippen LogP contribution in [0.3, 0.4) is 0 Å². The van der Waals surface area contributed by atoms with E-state index in [1.807, 2.05) is 23.1 Å². The maximum absolute atomic E-state index is 12.9. The highest BCUT2D eigenvalue weighted by molar-refractivity contribution is 6.31. The van der Waals surface area contributed by atoms with Gasteiger partial charge in [-0.25, -0.2) is 0 Å². The summed E-state index contributed by atoms with van der Waals surface area (Å²) in [5.74, 6) is 0.717. The van der Waals surface area contributed by atoms with Crippen molar-refractivity contribution < 1.29 is 4.79 Å². The SMILES string of the molecule is O=C(CC1CCc2[nH]c3cc(Cl)ccc3c2C1)N1CC=C(c2ccccc2)CC1. The zero-order valence-electron chi connectivity index (χ0n) is 16.5. The van der Waals surface area contributed by atoms with E-state index >= 15 is 0 Å². The van der Waals surface area contributed by atoms with E-state index in [1.54, 1.807) is 0 Å². The third-order valence-corrected chi connectivity index (χ3v) is 6.66. The lowest BCUT2D eigenvalue weighted by atomic mass is 9.84. The Kier molecular flexibility index (Phi) is 4.92. The van der Waals surface area contributed by atoms with Crippen LogP contribution in [0.25, 0.3) is 16.5 Å². The molecule has 0 fully saturated rings. The van der Waals surface area contributed by atoms with Gasteiger partial charge in [0.25, 0.3) is 0 Å². The van der Waals surface area contributed by atoms with Gasteiger partial charge in [0.15, 0.2) is 0 Å². The molecular formula is C25H25ClN2O. The molecule has 3 aromatic rings. The number of hydrogen-bond acceptors (Lipinski definition) is 1. The number of rotatable bonds is 3. The van der Waals surface area contributed by atoms with Crippen LogP contribution in [0, 0.1) is 5.92 Å². The summed E-state index contributed by atoms with van der Waals surface area (Å²) >= 11 is 6.14. The molecule has 1 aromatic heterocycles. The number of aryl methyl sites for hydroxylation is 1. The summed E-state index contributed by atoms with van der Waals surface area (Å²) < 4.78 is 0. The molecule has 2 heterocycles. The van der Waals surface area contributed by atoms with E-state index in [0.717, 1.165) is 49.3 Å². The standard InChI is InChI=1S/C25H25ClN2O/c26-20-7-8-21-22-14-17(6-9-23(22)27-24(21)16-20)15-25(29)28-12-10-19(11-13-28)18-4-2-1-3-5-18/h1-5,7-8,10,16-17,27H,6,9,11-15H2. The normalized spacial score (nSPS) is 19.1. The average molecular weight is 405 g/mol. The highest BCUT2D eigenvalue weighted by Gasteiger charge is 2.26. The number of aromatic nitrogens is 1. The molecule has 0 spiro atoms. The minimum Gasteiger partial charge on any atom is -0.358 e. The lowest BCUT2D eigenvalue weighted by Gasteiger charge is -2.29. The third-order valence-electron chi connectivity index (χ3n) is 6.42. The number of halogens is 1. The van der Waals surface area contributed by atoms with Crippen molar-refractivity contribution in [2.24, 2.45) is 5.92 Å². The number of carbonyl (C=O) groups is 1. The number of nitrogens with one attached hydrogen (secondary N) is 1. The van der Waals surface area contributed by atoms with Crippen molar-refractivity contribution in [2.45, 2.75) is 32.1 Å². The molecule has 1 amide bonds. The van der Waals surface area contributed by atoms with E-state index in [-0.39, 0.29) is 0 Å². The van der Waals surface area contributed by atoms with Crippen LogP contribution in [0.5, 0.6) is 0 Å². The molecule has 5 rings (SSSR count). The number of carbonyl (C=O) groups excluding carboxylic acids is 1. The molecule has 1 aliphatic carbocycles. The van der Waals surface area contributed by atoms with E-state index in [1.165, 1.54) is 27.8 Å². The first-order valence-corrected chi connectivity index (χ1v) is 10.9. The van der Waals surface area contributed by atoms with Crippen molar-refractivity contribution in [1.29, 1.82) is 0 Å². The molecule has 0 bridgehead atoms. The predicted octanol–water partition coefficient (Wildman–Crippen LogP) is 5.63. The zero-order valence-corrected chi connectivity index (χ0v) is 17.2. The van der Waals surface area contributed by atoms with Gasteiger partial charge in [-0.05, 0) is 60.4 Å². The van der Waals surface area contributed by atoms with Crippen LogP contribution >= 0.6 is 11.6 Å². The Morgan fingerprint density at radius 3 is 2.79 bits per heavy atom. The lowest BCUT2D eigenvalue weighted by Crippen LogP contribution is -2.36. The highest BCUT2D eigenvalue weighted by Crippen LogP contribution is 2.34. The van der Waals surface area contributed by atoms with Gasteiger partial charge in [0.2, 0.25) is 5.91 Å². The van der Waals surface area contributed by atoms with Crippen molar-refractivity contribution in [3.05, 3.63) is 76.5 Å². The smallest absolute Gasteiger partial charge is 0.223 e. The Balaban J connectivity index is 1.24. The molecule has 1 unspecified atom stereocenters. The van der Waals surface area contributed by atoms with Crippen LogP contribution in [0.2, 0.25) is 5.02 Å². The molecule has 0 saturated heterocycles. The van der Waals surface area contributed by atoms with Gasteiger partial charge in [-0.1, -0.05) is 54.1 Å². The largest absolute Gasteiger partial charge is 0.358 e. The summed E-state index contributed by atoms with van der Waals surface area (Å²) in [5.41, 5.74) is 6.45. The van der Waals surface area contributed by atoms with Crippen LogP contribution in [0.1, 0.15) is 36.1 Å². The monoisotopic (exact) mass is 404 g/mol. The second kappa shape index (κ2) is 7.72. The number of fused-ring (bicyclic) bond motifs is 3. The van der Waals surface area contributed by atoms with E-state index in [0.29, 0.717) is 18.2 Å². The number of aromatic amines is 1. The molecule has 148 valence electrons. The quantitative estimate of drug-likeness (QED) is 0.603. The molecule has 2 aliphatic rings. The average Bonchev–Trinajstić information content (AvgIpc) is 3.11. The second-order valence-corrected chi connectivity index (χ2v) is 8.71. The van der Waals surface area contributed by atoms with Crippen LogP contribution in [0.15, 0.2) is 54.6 Å². The van der Waals surface area contributed by atoms with Gasteiger partial charge >= 0.3 is 0 Å². The first kappa shape index (κ1) is 18.5. The molecule has 1 atom stereocenters. The van der Waals surface area contributed by atoms with Crippen LogP contribution in [-0.2, 0) is 17.6 Å². The lowest BCUT2D eigenvalue weighted by molar-refractivity contribution is -0.131. The van der Waals surface area contributed by atoms with Gasteiger partial charge in [0.05, 0.1) is 0 Å². The van der Waals surface area contributed by atoms with Crippen molar-refractivity contribution in [3.8, 4) is 0 Å². The molecule has 0 radical (unpaired) electrons. The fourth-order valence-corrected chi connectivity index (χ4v) is 5.00. The van der Waals surface area contributed by atoms with Crippen LogP contribution in [-0.4, -0.2) is 28.9 Å². The van der Waals surface area contributed by atoms with Gasteiger partial charge in [-0.3, -0.25) is 4.79 Å². The van der Waals surface area contributed by atoms with Gasteiger partial charge in [-0.15, -0.1) is 0 Å². The van der Waals surface area contributed by atoms with Gasteiger partial charge < -0.3 is 9.88 Å². The number of nitrogens with zero attached hydrogens (tertiary/aromatic N) is 1. The minimum absolute atomic E-state index is 0.296. The summed E-state index contributed by atoms with van der Waals surface area (Å²) in [6.07, 6.45) is 6.86. The highest BCUT2D eigenvalue weighted by atomic mass is 35.5. The van der Waals surface area contributed by atoms with Gasteiger partial charge in [0, 0.05) is 41.1 Å². The Hall–Kier alpha value is -2.52. The topological polar surface area (TPSA) is 36.1 Å². The fourth-order valence-electron chi connectivity index (χ4n) is 4.83. The second-order valence-electron chi connectivity index (χ2n) is 8.27. The summed E-state index contributed by atoms with van der Waals surface area (Å²) in [6.45, 7) is 1.55. The van der Waals surface area contributed by atoms with E-state index < -0.39 is 0 Å². The molecule has 3 nitrogen and oxygen atoms in total. The van der Waals surface area contributed by atoms with E-state index in [4.69, 9.17) is 11.6 Å². The van der Waals surface area contributed by atoms with E-state index in [9.17, 15) is 4.79 Å². The van der Waals surface area contributed by atoms with Crippen LogP contribution in [0.4, 0.5) is 0 Å². The molecule has 1 aliphatic heterocycles. The number of amides is 1. The van der Waals surface area contributed by atoms with Crippen molar-refractivity contribution in [3.63, 3.8) is 0 Å². The Morgan fingerprint density at radius 2 is 2.00 bits per heavy atom. The molecule has 29 heavy (non-hydrogen) atoms. The maximum atomic E-state index is 12.9. The molecule has 2 aromatic carbocycles. The summed E-state index contributed by atoms with van der Waals surface area (Å²) in [5, 5.41) is 2.02. The number of hydrogen-bond donors (Lipinski definition) is 1. The summed E-state index contributed by atoms with van der Waals surface area (Å²) in [4.78, 5) is 18.5. The third kappa shape index (κ3) is 3.72. The summed E-state index contributed by atoms with van der Waals surface area (Å²) in [6, 6.07) is 16.6. The van der Waals surface area contributed by atoms with E-state index in [2.05, 4.69) is 41.4 Å². The molecular weight excluding hydrogens is 380 g/mol. The van der Waals surface area contributed by atoms with Crippen molar-refractivity contribution >= 4 is 34.0 Å². The minimum atomic E-state index is 0.296. The molecule has 4 heteroatoms. The van der Waals surface area contributed by atoms with Crippen LogP contribution < -0.4 is 0 Å². The molecule has 0 saturated carbocycles. The first-order valence-electron chi connectivity index (χ1n) is 10.5. The van der Waals surface area contributed by atoms with Crippen molar-refractivity contribution in [1.82, 2.24) is 9.88 Å². The summed E-state index contributed by atoms with van der Waals surface area (Å²) in [7, 11) is 0. The number of H-pyrrole nitrogens is 1. The Labute approximate surface area is 176 Å². The molecule has 1 N–H and O–H groups in total. The maximum Gasteiger partial charge on any atom is 0.223 e. The first-order chi connectivity index (χ1) is 14.2. The van der Waals surface area contributed by atoms with Gasteiger partial charge in [-0.2, -0.15) is 0 Å². The fraction of sp³-hybridized carbons (Fsp3) is 0.320. The van der Waals surface area contributed by atoms with Gasteiger partial charge in [0.1, 0.15) is 0 Å². The number of benzene rings is 2. The predicted molar refractivity (Wildman–Crippen MR) is 119 cm³/mol. The Morgan fingerprint density at radius 1 is 1.14 bits per heavy atom. The van der Waals surface area contributed by atoms with Crippen molar-refractivity contribution in [2.75, 3.05) is 13.1 Å². The zero-order chi connectivity index (χ0) is 19.8.